The first-order valence-electron chi connectivity index (χ1n) is 6.00. The Hall–Kier alpha value is -1.86. The van der Waals surface area contributed by atoms with Gasteiger partial charge in [-0.25, -0.2) is 0 Å². The lowest BCUT2D eigenvalue weighted by Gasteiger charge is -2.22. The number of aryl methyl sites for hydroxylation is 1. The molecule has 96 valence electrons. The Balaban J connectivity index is 2.55. The van der Waals surface area contributed by atoms with Crippen molar-refractivity contribution in [3.05, 3.63) is 29.8 Å². The van der Waals surface area contributed by atoms with Crippen molar-refractivity contribution in [3.8, 4) is 6.07 Å². The topological polar surface area (TPSA) is 56.1 Å². The van der Waals surface area contributed by atoms with Crippen LogP contribution in [0.5, 0.6) is 0 Å². The number of rotatable bonds is 5. The van der Waals surface area contributed by atoms with E-state index in [0.717, 1.165) is 11.3 Å². The lowest BCUT2D eigenvalue weighted by atomic mass is 10.2. The Kier molecular flexibility index (Phi) is 5.34. The fourth-order valence-corrected chi connectivity index (χ4v) is 1.53. The highest BCUT2D eigenvalue weighted by molar-refractivity contribution is 5.92. The molecule has 0 aliphatic carbocycles. The quantitative estimate of drug-likeness (QED) is 0.809. The molecule has 0 unspecified atom stereocenters. The summed E-state index contributed by atoms with van der Waals surface area (Å²) in [5, 5.41) is 11.5. The van der Waals surface area contributed by atoms with E-state index in [1.807, 2.05) is 49.9 Å². The summed E-state index contributed by atoms with van der Waals surface area (Å²) in [6.07, 6.45) is 0. The van der Waals surface area contributed by atoms with E-state index in [-0.39, 0.29) is 25.0 Å². The second-order valence-electron chi connectivity index (χ2n) is 4.57. The van der Waals surface area contributed by atoms with Crippen molar-refractivity contribution < 1.29 is 4.79 Å². The summed E-state index contributed by atoms with van der Waals surface area (Å²) in [6, 6.07) is 9.89. The second-order valence-corrected chi connectivity index (χ2v) is 4.57. The molecule has 0 radical (unpaired) electrons. The maximum Gasteiger partial charge on any atom is 0.238 e. The Morgan fingerprint density at radius 3 is 2.50 bits per heavy atom. The molecule has 1 rings (SSSR count). The Bertz CT molecular complexity index is 431. The molecule has 0 atom stereocenters. The Morgan fingerprint density at radius 2 is 2.00 bits per heavy atom. The van der Waals surface area contributed by atoms with Gasteiger partial charge in [-0.1, -0.05) is 17.7 Å². The summed E-state index contributed by atoms with van der Waals surface area (Å²) in [4.78, 5) is 13.6. The molecule has 0 heterocycles. The largest absolute Gasteiger partial charge is 0.325 e. The van der Waals surface area contributed by atoms with E-state index in [1.54, 1.807) is 0 Å². The van der Waals surface area contributed by atoms with Gasteiger partial charge in [0.05, 0.1) is 19.2 Å². The van der Waals surface area contributed by atoms with Crippen LogP contribution in [-0.4, -0.2) is 29.9 Å². The van der Waals surface area contributed by atoms with Crippen molar-refractivity contribution in [2.75, 3.05) is 18.4 Å². The zero-order valence-electron chi connectivity index (χ0n) is 11.1. The van der Waals surface area contributed by atoms with Crippen LogP contribution in [-0.2, 0) is 4.79 Å². The molecule has 0 aromatic heterocycles. The van der Waals surface area contributed by atoms with Crippen molar-refractivity contribution in [1.82, 2.24) is 4.90 Å². The summed E-state index contributed by atoms with van der Waals surface area (Å²) in [5.74, 6) is -0.0946. The molecule has 1 amide bonds. The number of nitrogens with zero attached hydrogens (tertiary/aromatic N) is 2. The van der Waals surface area contributed by atoms with Crippen LogP contribution in [0.1, 0.15) is 19.4 Å². The van der Waals surface area contributed by atoms with Crippen LogP contribution in [0.15, 0.2) is 24.3 Å². The molecule has 0 aliphatic heterocycles. The summed E-state index contributed by atoms with van der Waals surface area (Å²) in [6.45, 7) is 6.43. The van der Waals surface area contributed by atoms with Crippen LogP contribution in [0, 0.1) is 18.3 Å². The fraction of sp³-hybridized carbons (Fsp3) is 0.429. The normalized spacial score (nSPS) is 10.4. The molecular formula is C14H19N3O. The molecular weight excluding hydrogens is 226 g/mol. The zero-order chi connectivity index (χ0) is 13.5. The molecule has 1 aromatic rings. The smallest absolute Gasteiger partial charge is 0.238 e. The third-order valence-corrected chi connectivity index (χ3v) is 2.69. The average molecular weight is 245 g/mol. The van der Waals surface area contributed by atoms with Gasteiger partial charge in [-0.05, 0) is 32.9 Å². The van der Waals surface area contributed by atoms with Gasteiger partial charge in [-0.3, -0.25) is 9.69 Å². The lowest BCUT2D eigenvalue weighted by molar-refractivity contribution is -0.117. The molecule has 1 aromatic carbocycles. The minimum Gasteiger partial charge on any atom is -0.325 e. The molecule has 0 spiro atoms. The highest BCUT2D eigenvalue weighted by Crippen LogP contribution is 2.08. The maximum atomic E-state index is 11.8. The maximum absolute atomic E-state index is 11.8. The predicted molar refractivity (Wildman–Crippen MR) is 72.1 cm³/mol. The number of nitriles is 1. The highest BCUT2D eigenvalue weighted by atomic mass is 16.2. The number of amides is 1. The van der Waals surface area contributed by atoms with Gasteiger partial charge in [-0.15, -0.1) is 0 Å². The van der Waals surface area contributed by atoms with Gasteiger partial charge >= 0.3 is 0 Å². The third-order valence-electron chi connectivity index (χ3n) is 2.69. The first-order valence-corrected chi connectivity index (χ1v) is 6.00. The van der Waals surface area contributed by atoms with E-state index in [4.69, 9.17) is 5.26 Å². The highest BCUT2D eigenvalue weighted by Gasteiger charge is 2.13. The van der Waals surface area contributed by atoms with E-state index in [9.17, 15) is 4.79 Å². The molecule has 1 N–H and O–H groups in total. The van der Waals surface area contributed by atoms with Crippen molar-refractivity contribution >= 4 is 11.6 Å². The van der Waals surface area contributed by atoms with Crippen molar-refractivity contribution in [1.29, 1.82) is 5.26 Å². The SMILES string of the molecule is Cc1ccc(NC(=O)CN(CC#N)C(C)C)cc1. The van der Waals surface area contributed by atoms with Crippen LogP contribution in [0.4, 0.5) is 5.69 Å². The summed E-state index contributed by atoms with van der Waals surface area (Å²) < 4.78 is 0. The zero-order valence-corrected chi connectivity index (χ0v) is 11.1. The standard InChI is InChI=1S/C14H19N3O/c1-11(2)17(9-8-15)10-14(18)16-13-6-4-12(3)5-7-13/h4-7,11H,9-10H2,1-3H3,(H,16,18). The van der Waals surface area contributed by atoms with E-state index in [0.29, 0.717) is 0 Å². The van der Waals surface area contributed by atoms with Crippen LogP contribution < -0.4 is 5.32 Å². The number of anilines is 1. The lowest BCUT2D eigenvalue weighted by Crippen LogP contribution is -2.38. The number of nitrogens with one attached hydrogen (secondary N) is 1. The van der Waals surface area contributed by atoms with Crippen LogP contribution >= 0.6 is 0 Å². The molecule has 18 heavy (non-hydrogen) atoms. The van der Waals surface area contributed by atoms with Crippen molar-refractivity contribution in [2.24, 2.45) is 0 Å². The first kappa shape index (κ1) is 14.2. The molecule has 0 bridgehead atoms. The Labute approximate surface area is 108 Å². The minimum absolute atomic E-state index is 0.0946. The third kappa shape index (κ3) is 4.56. The van der Waals surface area contributed by atoms with Gasteiger partial charge in [-0.2, -0.15) is 5.26 Å². The molecule has 0 aliphatic rings. The number of hydrogen-bond donors (Lipinski definition) is 1. The van der Waals surface area contributed by atoms with Gasteiger partial charge in [0.25, 0.3) is 0 Å². The molecule has 0 saturated carbocycles. The van der Waals surface area contributed by atoms with Crippen LogP contribution in [0.25, 0.3) is 0 Å². The van der Waals surface area contributed by atoms with Gasteiger partial charge < -0.3 is 5.32 Å². The van der Waals surface area contributed by atoms with Gasteiger partial charge in [0.1, 0.15) is 0 Å². The van der Waals surface area contributed by atoms with Crippen LogP contribution in [0.3, 0.4) is 0 Å². The first-order chi connectivity index (χ1) is 8.52. The van der Waals surface area contributed by atoms with Gasteiger partial charge in [0, 0.05) is 11.7 Å². The second kappa shape index (κ2) is 6.77. The van der Waals surface area contributed by atoms with E-state index < -0.39 is 0 Å². The number of hydrogen-bond acceptors (Lipinski definition) is 3. The van der Waals surface area contributed by atoms with Crippen molar-refractivity contribution in [2.45, 2.75) is 26.8 Å². The van der Waals surface area contributed by atoms with E-state index in [1.165, 1.54) is 0 Å². The number of carbonyl (C=O) groups excluding carboxylic acids is 1. The van der Waals surface area contributed by atoms with E-state index in [2.05, 4.69) is 11.4 Å². The predicted octanol–water partition coefficient (Wildman–Crippen LogP) is 2.17. The molecule has 0 saturated heterocycles. The summed E-state index contributed by atoms with van der Waals surface area (Å²) in [7, 11) is 0. The summed E-state index contributed by atoms with van der Waals surface area (Å²) in [5.41, 5.74) is 1.94. The fourth-order valence-electron chi connectivity index (χ4n) is 1.53. The molecule has 4 heteroatoms. The van der Waals surface area contributed by atoms with Crippen molar-refractivity contribution in [3.63, 3.8) is 0 Å². The van der Waals surface area contributed by atoms with Crippen LogP contribution in [0.2, 0.25) is 0 Å². The Morgan fingerprint density at radius 1 is 1.39 bits per heavy atom. The minimum atomic E-state index is -0.0946. The monoisotopic (exact) mass is 245 g/mol. The van der Waals surface area contributed by atoms with Gasteiger partial charge in [0.2, 0.25) is 5.91 Å². The number of benzene rings is 1. The van der Waals surface area contributed by atoms with Gasteiger partial charge in [0.15, 0.2) is 0 Å². The van der Waals surface area contributed by atoms with E-state index >= 15 is 0 Å². The number of carbonyl (C=O) groups is 1. The summed E-state index contributed by atoms with van der Waals surface area (Å²) >= 11 is 0. The average Bonchev–Trinajstić information content (AvgIpc) is 2.31. The molecule has 0 fully saturated rings. The molecule has 4 nitrogen and oxygen atoms in total.